The van der Waals surface area contributed by atoms with Crippen molar-refractivity contribution in [2.24, 2.45) is 0 Å². The number of halogens is 3. The first-order chi connectivity index (χ1) is 10.4. The summed E-state index contributed by atoms with van der Waals surface area (Å²) < 4.78 is 49.0. The van der Waals surface area contributed by atoms with Crippen LogP contribution in [0.5, 0.6) is 0 Å². The number of carbonyl (C=O) groups is 1. The molecule has 2 aliphatic rings. The van der Waals surface area contributed by atoms with Crippen LogP contribution in [0, 0.1) is 0 Å². The van der Waals surface area contributed by atoms with Gasteiger partial charge in [-0.1, -0.05) is 0 Å². The third kappa shape index (κ3) is 3.24. The molecule has 2 bridgehead atoms. The number of hydrogen-bond donors (Lipinski definition) is 1. The minimum absolute atomic E-state index is 0. The first-order valence-corrected chi connectivity index (χ1v) is 9.48. The molecule has 0 saturated carbocycles. The maximum absolute atomic E-state index is 12.8. The van der Waals surface area contributed by atoms with E-state index >= 15 is 0 Å². The van der Waals surface area contributed by atoms with Gasteiger partial charge in [0.1, 0.15) is 4.88 Å². The Labute approximate surface area is 143 Å². The fraction of sp³-hybridized carbons (Fsp3) is 0.615. The van der Waals surface area contributed by atoms with E-state index in [-0.39, 0.29) is 29.4 Å². The number of amides is 1. The first-order valence-electron chi connectivity index (χ1n) is 7.06. The SMILES string of the molecule is Cl.O=C(c1sccc1S(=O)(=O)C(F)F)N1C2CCNCC1CC2. The van der Waals surface area contributed by atoms with E-state index in [1.165, 1.54) is 5.38 Å². The van der Waals surface area contributed by atoms with E-state index in [0.717, 1.165) is 43.2 Å². The molecule has 1 N–H and O–H groups in total. The van der Waals surface area contributed by atoms with Crippen molar-refractivity contribution in [2.75, 3.05) is 13.1 Å². The Kier molecular flexibility index (Phi) is 5.65. The van der Waals surface area contributed by atoms with Crippen LogP contribution in [0.25, 0.3) is 0 Å². The van der Waals surface area contributed by atoms with Crippen molar-refractivity contribution < 1.29 is 22.0 Å². The Bertz CT molecular complexity index is 667. The number of carbonyl (C=O) groups excluding carboxylic acids is 1. The molecule has 10 heteroatoms. The normalized spacial score (nSPS) is 24.4. The third-order valence-corrected chi connectivity index (χ3v) is 6.71. The fourth-order valence-corrected chi connectivity index (χ4v) is 5.31. The van der Waals surface area contributed by atoms with E-state index in [1.807, 2.05) is 0 Å². The highest BCUT2D eigenvalue weighted by molar-refractivity contribution is 7.92. The summed E-state index contributed by atoms with van der Waals surface area (Å²) in [6.07, 6.45) is 2.52. The largest absolute Gasteiger partial charge is 0.341 e. The first kappa shape index (κ1) is 18.6. The Morgan fingerprint density at radius 1 is 1.30 bits per heavy atom. The molecule has 2 unspecified atom stereocenters. The second kappa shape index (κ2) is 7.00. The van der Waals surface area contributed by atoms with Crippen molar-refractivity contribution in [3.8, 4) is 0 Å². The third-order valence-electron chi connectivity index (χ3n) is 4.25. The Morgan fingerprint density at radius 3 is 2.70 bits per heavy atom. The molecule has 5 nitrogen and oxygen atoms in total. The molecule has 130 valence electrons. The summed E-state index contributed by atoms with van der Waals surface area (Å²) in [5, 5.41) is 4.62. The standard InChI is InChI=1S/C13H16F2N2O3S2.ClH/c14-13(15)22(19,20)10-4-6-21-11(10)12(18)17-8-1-2-9(17)7-16-5-3-8;/h4,6,8-9,13,16H,1-3,5,7H2;1H. The predicted octanol–water partition coefficient (Wildman–Crippen LogP) is 2.13. The number of rotatable bonds is 3. The minimum atomic E-state index is -4.76. The molecular weight excluding hydrogens is 370 g/mol. The van der Waals surface area contributed by atoms with E-state index in [1.54, 1.807) is 4.90 Å². The zero-order valence-electron chi connectivity index (χ0n) is 12.1. The van der Waals surface area contributed by atoms with Gasteiger partial charge in [-0.3, -0.25) is 4.79 Å². The van der Waals surface area contributed by atoms with E-state index < -0.39 is 26.4 Å². The molecule has 0 radical (unpaired) electrons. The van der Waals surface area contributed by atoms with Crippen LogP contribution in [0.3, 0.4) is 0 Å². The summed E-state index contributed by atoms with van der Waals surface area (Å²) in [6, 6.07) is 1.15. The van der Waals surface area contributed by atoms with Gasteiger partial charge in [0.25, 0.3) is 5.91 Å². The summed E-state index contributed by atoms with van der Waals surface area (Å²) in [7, 11) is -4.76. The highest BCUT2D eigenvalue weighted by Crippen LogP contribution is 2.34. The minimum Gasteiger partial charge on any atom is -0.331 e. The average Bonchev–Trinajstić information content (AvgIpc) is 3.02. The number of nitrogens with one attached hydrogen (secondary N) is 1. The summed E-state index contributed by atoms with van der Waals surface area (Å²) in [5.41, 5.74) is 0. The lowest BCUT2D eigenvalue weighted by atomic mass is 10.1. The predicted molar refractivity (Wildman–Crippen MR) is 85.2 cm³/mol. The molecule has 1 amide bonds. The van der Waals surface area contributed by atoms with Crippen LogP contribution < -0.4 is 5.32 Å². The van der Waals surface area contributed by atoms with Crippen LogP contribution in [0.2, 0.25) is 0 Å². The van der Waals surface area contributed by atoms with Crippen LogP contribution >= 0.6 is 23.7 Å². The molecule has 2 saturated heterocycles. The topological polar surface area (TPSA) is 66.5 Å². The van der Waals surface area contributed by atoms with Crippen LogP contribution in [0.4, 0.5) is 8.78 Å². The van der Waals surface area contributed by atoms with Crippen molar-refractivity contribution in [3.05, 3.63) is 16.3 Å². The molecule has 1 aromatic heterocycles. The quantitative estimate of drug-likeness (QED) is 0.864. The molecule has 3 rings (SSSR count). The summed E-state index contributed by atoms with van der Waals surface area (Å²) in [4.78, 5) is 13.8. The van der Waals surface area contributed by atoms with Gasteiger partial charge in [-0.2, -0.15) is 8.78 Å². The van der Waals surface area contributed by atoms with Crippen molar-refractivity contribution in [1.29, 1.82) is 0 Å². The maximum Gasteiger partial charge on any atom is 0.341 e. The smallest absolute Gasteiger partial charge is 0.331 e. The molecule has 2 fully saturated rings. The van der Waals surface area contributed by atoms with Gasteiger partial charge in [-0.05, 0) is 37.3 Å². The maximum atomic E-state index is 12.8. The van der Waals surface area contributed by atoms with Gasteiger partial charge in [0, 0.05) is 18.6 Å². The van der Waals surface area contributed by atoms with Crippen molar-refractivity contribution in [1.82, 2.24) is 10.2 Å². The van der Waals surface area contributed by atoms with Gasteiger partial charge in [0.05, 0.1) is 4.90 Å². The zero-order valence-corrected chi connectivity index (χ0v) is 14.5. The zero-order chi connectivity index (χ0) is 15.9. The van der Waals surface area contributed by atoms with Crippen molar-refractivity contribution in [3.63, 3.8) is 0 Å². The van der Waals surface area contributed by atoms with E-state index in [4.69, 9.17) is 0 Å². The van der Waals surface area contributed by atoms with E-state index in [0.29, 0.717) is 6.54 Å². The molecule has 2 aliphatic heterocycles. The van der Waals surface area contributed by atoms with Crippen LogP contribution in [0.15, 0.2) is 16.3 Å². The fourth-order valence-electron chi connectivity index (χ4n) is 3.20. The van der Waals surface area contributed by atoms with Gasteiger partial charge in [-0.25, -0.2) is 8.42 Å². The summed E-state index contributed by atoms with van der Waals surface area (Å²) in [6.45, 7) is 1.46. The number of fused-ring (bicyclic) bond motifs is 2. The molecule has 0 aromatic carbocycles. The van der Waals surface area contributed by atoms with Gasteiger partial charge in [0.2, 0.25) is 9.84 Å². The second-order valence-electron chi connectivity index (χ2n) is 5.51. The van der Waals surface area contributed by atoms with Crippen molar-refractivity contribution >= 4 is 39.5 Å². The molecule has 23 heavy (non-hydrogen) atoms. The molecule has 0 spiro atoms. The number of hydrogen-bond acceptors (Lipinski definition) is 5. The Balaban J connectivity index is 0.00000192. The van der Waals surface area contributed by atoms with Crippen molar-refractivity contribution in [2.45, 2.75) is 42.0 Å². The second-order valence-corrected chi connectivity index (χ2v) is 8.31. The van der Waals surface area contributed by atoms with Gasteiger partial charge < -0.3 is 10.2 Å². The number of nitrogens with zero attached hydrogens (tertiary/aromatic N) is 1. The molecule has 3 heterocycles. The number of sulfone groups is 1. The lowest BCUT2D eigenvalue weighted by molar-refractivity contribution is 0.0681. The number of alkyl halides is 2. The molecular formula is C13H17ClF2N2O3S2. The molecule has 0 aliphatic carbocycles. The van der Waals surface area contributed by atoms with E-state index in [2.05, 4.69) is 5.32 Å². The highest BCUT2D eigenvalue weighted by Gasteiger charge is 2.41. The van der Waals surface area contributed by atoms with Gasteiger partial charge in [-0.15, -0.1) is 23.7 Å². The van der Waals surface area contributed by atoms with Crippen LogP contribution in [0.1, 0.15) is 28.9 Å². The monoisotopic (exact) mass is 386 g/mol. The summed E-state index contributed by atoms with van der Waals surface area (Å²) in [5.74, 6) is -3.96. The van der Waals surface area contributed by atoms with Crippen LogP contribution in [-0.2, 0) is 9.84 Å². The lowest BCUT2D eigenvalue weighted by Crippen LogP contribution is -2.42. The number of thiophene rings is 1. The molecule has 2 atom stereocenters. The Hall–Kier alpha value is -0.770. The van der Waals surface area contributed by atoms with Gasteiger partial charge in [0.15, 0.2) is 0 Å². The van der Waals surface area contributed by atoms with Crippen LogP contribution in [-0.4, -0.2) is 50.2 Å². The highest BCUT2D eigenvalue weighted by atomic mass is 35.5. The van der Waals surface area contributed by atoms with E-state index in [9.17, 15) is 22.0 Å². The Morgan fingerprint density at radius 2 is 2.00 bits per heavy atom. The van der Waals surface area contributed by atoms with Gasteiger partial charge >= 0.3 is 5.76 Å². The summed E-state index contributed by atoms with van der Waals surface area (Å²) >= 11 is 0.910. The lowest BCUT2D eigenvalue weighted by Gasteiger charge is -2.27. The average molecular weight is 387 g/mol. The molecule has 1 aromatic rings.